The van der Waals surface area contributed by atoms with Gasteiger partial charge in [0.05, 0.1) is 7.05 Å². The highest BCUT2D eigenvalue weighted by Gasteiger charge is 2.15. The number of aryl methyl sites for hydroxylation is 2. The lowest BCUT2D eigenvalue weighted by atomic mass is 10.1. The Bertz CT molecular complexity index is 792. The summed E-state index contributed by atoms with van der Waals surface area (Å²) in [6.07, 6.45) is 0.849. The molecule has 2 amide bonds. The predicted octanol–water partition coefficient (Wildman–Crippen LogP) is 2.30. The molecule has 1 unspecified atom stereocenters. The van der Waals surface area contributed by atoms with Gasteiger partial charge in [-0.1, -0.05) is 36.7 Å². The normalized spacial score (nSPS) is 11.7. The Morgan fingerprint density at radius 3 is 2.23 bits per heavy atom. The molecule has 0 heterocycles. The van der Waals surface area contributed by atoms with Crippen LogP contribution >= 0.6 is 11.6 Å². The first-order valence-electron chi connectivity index (χ1n) is 8.64. The number of rotatable bonds is 7. The second kappa shape index (κ2) is 9.36. The molecule has 26 heavy (non-hydrogen) atoms. The highest BCUT2D eigenvalue weighted by atomic mass is 35.5. The van der Waals surface area contributed by atoms with Gasteiger partial charge in [-0.15, -0.1) is 0 Å². The monoisotopic (exact) mass is 374 g/mol. The van der Waals surface area contributed by atoms with Crippen LogP contribution in [0, 0.1) is 6.92 Å². The SMILES string of the molecule is CCc1ccccc1NC(=O)C[NH+](C)CC(=O)Nc1ccc(Cl)cc1C. The second-order valence-electron chi connectivity index (χ2n) is 6.38. The van der Waals surface area contributed by atoms with Crippen molar-refractivity contribution in [3.8, 4) is 0 Å². The van der Waals surface area contributed by atoms with Crippen LogP contribution in [-0.2, 0) is 16.0 Å². The van der Waals surface area contributed by atoms with Crippen molar-refractivity contribution in [2.24, 2.45) is 0 Å². The average molecular weight is 375 g/mol. The standard InChI is InChI=1S/C20H24ClN3O2/c1-4-15-7-5-6-8-18(15)23-20(26)13-24(3)12-19(25)22-17-10-9-16(21)11-14(17)2/h5-11H,4,12-13H2,1-3H3,(H,22,25)(H,23,26)/p+1. The third-order valence-electron chi connectivity index (χ3n) is 4.06. The predicted molar refractivity (Wildman–Crippen MR) is 106 cm³/mol. The van der Waals surface area contributed by atoms with Crippen molar-refractivity contribution in [2.45, 2.75) is 20.3 Å². The topological polar surface area (TPSA) is 62.6 Å². The molecule has 2 aromatic rings. The number of hydrogen-bond acceptors (Lipinski definition) is 2. The van der Waals surface area contributed by atoms with E-state index in [9.17, 15) is 9.59 Å². The van der Waals surface area contributed by atoms with Crippen molar-refractivity contribution >= 4 is 34.8 Å². The first-order valence-corrected chi connectivity index (χ1v) is 9.02. The second-order valence-corrected chi connectivity index (χ2v) is 6.81. The Balaban J connectivity index is 1.86. The molecule has 0 radical (unpaired) electrons. The van der Waals surface area contributed by atoms with Crippen LogP contribution in [0.15, 0.2) is 42.5 Å². The van der Waals surface area contributed by atoms with Gasteiger partial charge in [-0.2, -0.15) is 0 Å². The number of benzene rings is 2. The molecular weight excluding hydrogens is 350 g/mol. The van der Waals surface area contributed by atoms with Gasteiger partial charge < -0.3 is 15.5 Å². The molecule has 0 aliphatic carbocycles. The largest absolute Gasteiger partial charge is 0.322 e. The van der Waals surface area contributed by atoms with Gasteiger partial charge in [0.1, 0.15) is 0 Å². The molecule has 2 rings (SSSR count). The van der Waals surface area contributed by atoms with E-state index in [0.717, 1.165) is 33.8 Å². The zero-order chi connectivity index (χ0) is 19.1. The summed E-state index contributed by atoms with van der Waals surface area (Å²) < 4.78 is 0. The van der Waals surface area contributed by atoms with E-state index in [0.29, 0.717) is 5.02 Å². The molecule has 0 saturated carbocycles. The fourth-order valence-electron chi connectivity index (χ4n) is 2.72. The fourth-order valence-corrected chi connectivity index (χ4v) is 2.94. The molecule has 1 atom stereocenters. The molecule has 6 heteroatoms. The Hall–Kier alpha value is -2.37. The van der Waals surface area contributed by atoms with E-state index >= 15 is 0 Å². The van der Waals surface area contributed by atoms with Crippen LogP contribution in [0.25, 0.3) is 0 Å². The first-order chi connectivity index (χ1) is 12.4. The fraction of sp³-hybridized carbons (Fsp3) is 0.300. The minimum absolute atomic E-state index is 0.112. The highest BCUT2D eigenvalue weighted by molar-refractivity contribution is 6.30. The molecule has 0 spiro atoms. The third-order valence-corrected chi connectivity index (χ3v) is 4.29. The lowest BCUT2D eigenvalue weighted by Crippen LogP contribution is -3.11. The van der Waals surface area contributed by atoms with Crippen LogP contribution in [0.5, 0.6) is 0 Å². The number of carbonyl (C=O) groups is 2. The Morgan fingerprint density at radius 2 is 1.62 bits per heavy atom. The maximum atomic E-state index is 12.2. The number of halogens is 1. The van der Waals surface area contributed by atoms with Crippen LogP contribution in [0.2, 0.25) is 5.02 Å². The van der Waals surface area contributed by atoms with E-state index in [1.165, 1.54) is 0 Å². The van der Waals surface area contributed by atoms with Crippen molar-refractivity contribution in [3.63, 3.8) is 0 Å². The molecule has 0 bridgehead atoms. The van der Waals surface area contributed by atoms with Gasteiger partial charge in [-0.3, -0.25) is 9.59 Å². The number of quaternary nitrogens is 1. The quantitative estimate of drug-likeness (QED) is 0.696. The molecule has 3 N–H and O–H groups in total. The van der Waals surface area contributed by atoms with Gasteiger partial charge in [-0.05, 0) is 48.7 Å². The van der Waals surface area contributed by atoms with E-state index in [2.05, 4.69) is 10.6 Å². The van der Waals surface area contributed by atoms with Gasteiger partial charge in [0.2, 0.25) is 0 Å². The van der Waals surface area contributed by atoms with Crippen molar-refractivity contribution in [1.82, 2.24) is 0 Å². The minimum Gasteiger partial charge on any atom is -0.322 e. The van der Waals surface area contributed by atoms with Gasteiger partial charge in [-0.25, -0.2) is 0 Å². The summed E-state index contributed by atoms with van der Waals surface area (Å²) in [5.41, 5.74) is 3.55. The van der Waals surface area contributed by atoms with Crippen molar-refractivity contribution in [2.75, 3.05) is 30.8 Å². The lowest BCUT2D eigenvalue weighted by molar-refractivity contribution is -0.862. The molecule has 5 nitrogen and oxygen atoms in total. The van der Waals surface area contributed by atoms with E-state index in [-0.39, 0.29) is 24.9 Å². The molecular formula is C20H25ClN3O2+. The Labute approximate surface area is 159 Å². The maximum Gasteiger partial charge on any atom is 0.279 e. The summed E-state index contributed by atoms with van der Waals surface area (Å²) in [5.74, 6) is -0.256. The highest BCUT2D eigenvalue weighted by Crippen LogP contribution is 2.19. The zero-order valence-corrected chi connectivity index (χ0v) is 16.1. The number of anilines is 2. The van der Waals surface area contributed by atoms with E-state index in [4.69, 9.17) is 11.6 Å². The number of carbonyl (C=O) groups excluding carboxylic acids is 2. The van der Waals surface area contributed by atoms with Crippen LogP contribution < -0.4 is 15.5 Å². The van der Waals surface area contributed by atoms with Gasteiger partial charge in [0.15, 0.2) is 13.1 Å². The van der Waals surface area contributed by atoms with Gasteiger partial charge in [0.25, 0.3) is 11.8 Å². The average Bonchev–Trinajstić information content (AvgIpc) is 2.57. The lowest BCUT2D eigenvalue weighted by Gasteiger charge is -2.15. The van der Waals surface area contributed by atoms with Crippen LogP contribution in [0.1, 0.15) is 18.1 Å². The molecule has 0 fully saturated rings. The van der Waals surface area contributed by atoms with Crippen molar-refractivity contribution in [1.29, 1.82) is 0 Å². The Morgan fingerprint density at radius 1 is 1.00 bits per heavy atom. The third kappa shape index (κ3) is 5.86. The number of hydrogen-bond donors (Lipinski definition) is 3. The molecule has 0 saturated heterocycles. The number of para-hydroxylation sites is 1. The summed E-state index contributed by atoms with van der Waals surface area (Å²) in [7, 11) is 1.82. The van der Waals surface area contributed by atoms with Gasteiger partial charge in [0, 0.05) is 16.4 Å². The van der Waals surface area contributed by atoms with Crippen LogP contribution in [0.3, 0.4) is 0 Å². The van der Waals surface area contributed by atoms with Crippen LogP contribution in [0.4, 0.5) is 11.4 Å². The Kier molecular flexibility index (Phi) is 7.18. The summed E-state index contributed by atoms with van der Waals surface area (Å²) in [6, 6.07) is 13.0. The first kappa shape index (κ1) is 19.9. The smallest absolute Gasteiger partial charge is 0.279 e. The zero-order valence-electron chi connectivity index (χ0n) is 15.4. The molecule has 0 aliphatic rings. The molecule has 0 aromatic heterocycles. The summed E-state index contributed by atoms with van der Waals surface area (Å²) >= 11 is 5.92. The van der Waals surface area contributed by atoms with E-state index in [1.807, 2.05) is 45.2 Å². The van der Waals surface area contributed by atoms with Crippen LogP contribution in [-0.4, -0.2) is 32.0 Å². The summed E-state index contributed by atoms with van der Waals surface area (Å²) in [6.45, 7) is 4.35. The van der Waals surface area contributed by atoms with E-state index in [1.54, 1.807) is 18.2 Å². The molecule has 0 aliphatic heterocycles. The number of amides is 2. The van der Waals surface area contributed by atoms with Crippen molar-refractivity contribution in [3.05, 3.63) is 58.6 Å². The van der Waals surface area contributed by atoms with Gasteiger partial charge >= 0.3 is 0 Å². The van der Waals surface area contributed by atoms with E-state index < -0.39 is 0 Å². The molecule has 2 aromatic carbocycles. The number of nitrogens with one attached hydrogen (secondary N) is 3. The summed E-state index contributed by atoms with van der Waals surface area (Å²) in [4.78, 5) is 25.3. The van der Waals surface area contributed by atoms with Crippen molar-refractivity contribution < 1.29 is 14.5 Å². The number of likely N-dealkylation sites (N-methyl/N-ethyl adjacent to an activating group) is 1. The molecule has 138 valence electrons. The maximum absolute atomic E-state index is 12.2. The minimum atomic E-state index is -0.144. The summed E-state index contributed by atoms with van der Waals surface area (Å²) in [5, 5.41) is 6.42.